The summed E-state index contributed by atoms with van der Waals surface area (Å²) >= 11 is 0. The molecule has 0 unspecified atom stereocenters. The number of halogens is 1. The third-order valence-electron chi connectivity index (χ3n) is 2.47. The smallest absolute Gasteiger partial charge is 0.191 e. The molecule has 1 aromatic heterocycles. The molecule has 1 aromatic rings. The summed E-state index contributed by atoms with van der Waals surface area (Å²) in [6.07, 6.45) is 4.70. The minimum atomic E-state index is 0. The van der Waals surface area contributed by atoms with Crippen LogP contribution in [0.5, 0.6) is 0 Å². The van der Waals surface area contributed by atoms with Gasteiger partial charge in [-0.1, -0.05) is 0 Å². The molecule has 17 heavy (non-hydrogen) atoms. The molecular weight excluding hydrogens is 329 g/mol. The van der Waals surface area contributed by atoms with E-state index in [4.69, 9.17) is 5.73 Å². The summed E-state index contributed by atoms with van der Waals surface area (Å²) in [4.78, 5) is 6.39. The Kier molecular flexibility index (Phi) is 8.83. The van der Waals surface area contributed by atoms with Crippen LogP contribution in [0, 0.1) is 0 Å². The van der Waals surface area contributed by atoms with Crippen LogP contribution in [-0.2, 0) is 6.54 Å². The van der Waals surface area contributed by atoms with E-state index < -0.39 is 0 Å². The van der Waals surface area contributed by atoms with Gasteiger partial charge in [-0.05, 0) is 26.3 Å². The summed E-state index contributed by atoms with van der Waals surface area (Å²) in [7, 11) is 0. The van der Waals surface area contributed by atoms with Gasteiger partial charge in [-0.3, -0.25) is 9.67 Å². The topological polar surface area (TPSA) is 59.4 Å². The van der Waals surface area contributed by atoms with E-state index in [1.165, 1.54) is 0 Å². The summed E-state index contributed by atoms with van der Waals surface area (Å²) in [5.74, 6) is 0.644. The van der Waals surface area contributed by atoms with Gasteiger partial charge in [0.1, 0.15) is 0 Å². The van der Waals surface area contributed by atoms with E-state index >= 15 is 0 Å². The van der Waals surface area contributed by atoms with Crippen molar-refractivity contribution in [2.75, 3.05) is 19.6 Å². The van der Waals surface area contributed by atoms with Crippen LogP contribution in [0.25, 0.3) is 0 Å². The lowest BCUT2D eigenvalue weighted by Gasteiger charge is -2.19. The number of hydrogen-bond donors (Lipinski definition) is 1. The van der Waals surface area contributed by atoms with Crippen LogP contribution in [-0.4, -0.2) is 40.3 Å². The highest BCUT2D eigenvalue weighted by Gasteiger charge is 2.00. The molecule has 0 aromatic carbocycles. The molecule has 5 nitrogen and oxygen atoms in total. The van der Waals surface area contributed by atoms with E-state index in [0.29, 0.717) is 5.96 Å². The molecule has 1 rings (SSSR count). The van der Waals surface area contributed by atoms with Crippen molar-refractivity contribution in [3.05, 3.63) is 18.5 Å². The minimum absolute atomic E-state index is 0. The Hall–Kier alpha value is -0.790. The summed E-state index contributed by atoms with van der Waals surface area (Å²) < 4.78 is 1.91. The zero-order valence-electron chi connectivity index (χ0n) is 10.5. The summed E-state index contributed by atoms with van der Waals surface area (Å²) in [6, 6.07) is 1.92. The highest BCUT2D eigenvalue weighted by atomic mass is 127. The summed E-state index contributed by atoms with van der Waals surface area (Å²) in [6.45, 7) is 7.62. The fraction of sp³-hybridized carbons (Fsp3) is 0.636. The van der Waals surface area contributed by atoms with Gasteiger partial charge in [0.15, 0.2) is 5.96 Å². The molecule has 0 radical (unpaired) electrons. The van der Waals surface area contributed by atoms with E-state index in [1.807, 2.05) is 21.8 Å². The van der Waals surface area contributed by atoms with Gasteiger partial charge in [-0.15, -0.1) is 24.0 Å². The first-order valence-corrected chi connectivity index (χ1v) is 5.80. The minimum Gasteiger partial charge on any atom is -0.370 e. The largest absolute Gasteiger partial charge is 0.370 e. The Labute approximate surface area is 120 Å². The van der Waals surface area contributed by atoms with Crippen molar-refractivity contribution in [3.8, 4) is 0 Å². The second-order valence-electron chi connectivity index (χ2n) is 3.53. The van der Waals surface area contributed by atoms with Crippen molar-refractivity contribution in [2.24, 2.45) is 10.7 Å². The van der Waals surface area contributed by atoms with Crippen LogP contribution in [0.2, 0.25) is 0 Å². The van der Waals surface area contributed by atoms with Crippen molar-refractivity contribution in [3.63, 3.8) is 0 Å². The molecule has 0 saturated heterocycles. The number of aliphatic imine (C=N–C) groups is 1. The molecule has 0 aliphatic heterocycles. The Bertz CT molecular complexity index is 306. The molecule has 0 atom stereocenters. The second kappa shape index (κ2) is 9.26. The maximum Gasteiger partial charge on any atom is 0.191 e. The lowest BCUT2D eigenvalue weighted by molar-refractivity contribution is 0.457. The number of hydrogen-bond acceptors (Lipinski definition) is 2. The van der Waals surface area contributed by atoms with Crippen molar-refractivity contribution < 1.29 is 0 Å². The van der Waals surface area contributed by atoms with Crippen LogP contribution in [0.3, 0.4) is 0 Å². The molecule has 0 amide bonds. The number of aromatic nitrogens is 2. The monoisotopic (exact) mass is 351 g/mol. The predicted octanol–water partition coefficient (Wildman–Crippen LogP) is 1.55. The molecule has 0 fully saturated rings. The molecule has 2 N–H and O–H groups in total. The SMILES string of the molecule is CCN(CC)C(N)=NCCCn1cccn1.I. The fourth-order valence-electron chi connectivity index (χ4n) is 1.51. The number of nitrogens with zero attached hydrogens (tertiary/aromatic N) is 4. The fourth-order valence-corrected chi connectivity index (χ4v) is 1.51. The maximum atomic E-state index is 5.85. The molecule has 0 aliphatic carbocycles. The number of aryl methyl sites for hydroxylation is 1. The van der Waals surface area contributed by atoms with Gasteiger partial charge < -0.3 is 10.6 Å². The van der Waals surface area contributed by atoms with Crippen LogP contribution < -0.4 is 5.73 Å². The van der Waals surface area contributed by atoms with Crippen molar-refractivity contribution in [1.82, 2.24) is 14.7 Å². The molecule has 0 bridgehead atoms. The van der Waals surface area contributed by atoms with E-state index in [1.54, 1.807) is 6.20 Å². The van der Waals surface area contributed by atoms with Gasteiger partial charge in [0, 0.05) is 38.6 Å². The number of nitrogens with two attached hydrogens (primary N) is 1. The van der Waals surface area contributed by atoms with Gasteiger partial charge in [-0.25, -0.2) is 0 Å². The number of guanidine groups is 1. The zero-order valence-corrected chi connectivity index (χ0v) is 12.9. The van der Waals surface area contributed by atoms with Gasteiger partial charge in [0.2, 0.25) is 0 Å². The van der Waals surface area contributed by atoms with Gasteiger partial charge in [0.25, 0.3) is 0 Å². The molecule has 6 heteroatoms. The highest BCUT2D eigenvalue weighted by Crippen LogP contribution is 1.92. The number of rotatable bonds is 6. The first kappa shape index (κ1) is 16.2. The van der Waals surface area contributed by atoms with Gasteiger partial charge >= 0.3 is 0 Å². The molecular formula is C11H22IN5. The Morgan fingerprint density at radius 1 is 1.41 bits per heavy atom. The predicted molar refractivity (Wildman–Crippen MR) is 81.7 cm³/mol. The Morgan fingerprint density at radius 3 is 2.65 bits per heavy atom. The lowest BCUT2D eigenvalue weighted by atomic mass is 10.4. The summed E-state index contributed by atoms with van der Waals surface area (Å²) in [5.41, 5.74) is 5.85. The molecule has 98 valence electrons. The van der Waals surface area contributed by atoms with Crippen LogP contribution in [0.15, 0.2) is 23.5 Å². The molecule has 0 aliphatic rings. The summed E-state index contributed by atoms with van der Waals surface area (Å²) in [5, 5.41) is 4.13. The van der Waals surface area contributed by atoms with Crippen molar-refractivity contribution in [1.29, 1.82) is 0 Å². The van der Waals surface area contributed by atoms with Crippen molar-refractivity contribution in [2.45, 2.75) is 26.8 Å². The molecule has 1 heterocycles. The third-order valence-corrected chi connectivity index (χ3v) is 2.47. The normalized spacial score (nSPS) is 11.1. The zero-order chi connectivity index (χ0) is 11.8. The maximum absolute atomic E-state index is 5.85. The van der Waals surface area contributed by atoms with Crippen LogP contribution >= 0.6 is 24.0 Å². The highest BCUT2D eigenvalue weighted by molar-refractivity contribution is 14.0. The van der Waals surface area contributed by atoms with E-state index in [0.717, 1.165) is 32.6 Å². The average molecular weight is 351 g/mol. The van der Waals surface area contributed by atoms with E-state index in [-0.39, 0.29) is 24.0 Å². The van der Waals surface area contributed by atoms with Crippen molar-refractivity contribution >= 4 is 29.9 Å². The van der Waals surface area contributed by atoms with E-state index in [2.05, 4.69) is 23.9 Å². The van der Waals surface area contributed by atoms with Crippen LogP contribution in [0.1, 0.15) is 20.3 Å². The second-order valence-corrected chi connectivity index (χ2v) is 3.53. The average Bonchev–Trinajstić information content (AvgIpc) is 2.79. The first-order chi connectivity index (χ1) is 7.77. The van der Waals surface area contributed by atoms with Gasteiger partial charge in [0.05, 0.1) is 0 Å². The molecule has 0 saturated carbocycles. The van der Waals surface area contributed by atoms with E-state index in [9.17, 15) is 0 Å². The molecule has 0 spiro atoms. The van der Waals surface area contributed by atoms with Gasteiger partial charge in [-0.2, -0.15) is 5.10 Å². The third kappa shape index (κ3) is 5.90. The first-order valence-electron chi connectivity index (χ1n) is 5.80. The Balaban J connectivity index is 0.00000256. The Morgan fingerprint density at radius 2 is 2.12 bits per heavy atom. The lowest BCUT2D eigenvalue weighted by Crippen LogP contribution is -2.37. The standard InChI is InChI=1S/C11H21N5.HI/c1-3-15(4-2)11(12)13-7-5-9-16-10-6-8-14-16;/h6,8,10H,3-5,7,9H2,1-2H3,(H2,12,13);1H. The van der Waals surface area contributed by atoms with Crippen LogP contribution in [0.4, 0.5) is 0 Å². The quantitative estimate of drug-likeness (QED) is 0.366.